The van der Waals surface area contributed by atoms with Crippen LogP contribution in [0, 0.1) is 5.41 Å². The SMILES string of the molecule is CCCCCCCC1(C(=O)O)CCCCCCC1. The van der Waals surface area contributed by atoms with Gasteiger partial charge in [0.2, 0.25) is 0 Å². The van der Waals surface area contributed by atoms with Crippen LogP contribution >= 0.6 is 0 Å². The number of aliphatic carboxylic acids is 1. The van der Waals surface area contributed by atoms with Crippen LogP contribution in [0.25, 0.3) is 0 Å². The molecular formula is C16H30O2. The topological polar surface area (TPSA) is 37.3 Å². The molecule has 2 nitrogen and oxygen atoms in total. The third-order valence-corrected chi connectivity index (χ3v) is 4.52. The maximum Gasteiger partial charge on any atom is 0.309 e. The lowest BCUT2D eigenvalue weighted by molar-refractivity contribution is -0.151. The highest BCUT2D eigenvalue weighted by Crippen LogP contribution is 2.39. The minimum atomic E-state index is -0.528. The van der Waals surface area contributed by atoms with E-state index in [1.807, 2.05) is 0 Å². The predicted molar refractivity (Wildman–Crippen MR) is 75.8 cm³/mol. The second-order valence-electron chi connectivity index (χ2n) is 6.02. The van der Waals surface area contributed by atoms with E-state index >= 15 is 0 Å². The first kappa shape index (κ1) is 15.5. The zero-order valence-electron chi connectivity index (χ0n) is 12.0. The van der Waals surface area contributed by atoms with E-state index in [9.17, 15) is 9.90 Å². The van der Waals surface area contributed by atoms with E-state index in [1.165, 1.54) is 44.9 Å². The van der Waals surface area contributed by atoms with Gasteiger partial charge in [-0.3, -0.25) is 4.79 Å². The quantitative estimate of drug-likeness (QED) is 0.637. The van der Waals surface area contributed by atoms with Crippen LogP contribution in [0.5, 0.6) is 0 Å². The summed E-state index contributed by atoms with van der Waals surface area (Å²) in [5.41, 5.74) is -0.382. The summed E-state index contributed by atoms with van der Waals surface area (Å²) >= 11 is 0. The monoisotopic (exact) mass is 254 g/mol. The van der Waals surface area contributed by atoms with Gasteiger partial charge in [-0.25, -0.2) is 0 Å². The smallest absolute Gasteiger partial charge is 0.309 e. The van der Waals surface area contributed by atoms with Gasteiger partial charge in [0.05, 0.1) is 5.41 Å². The molecule has 0 unspecified atom stereocenters. The fraction of sp³-hybridized carbons (Fsp3) is 0.938. The van der Waals surface area contributed by atoms with Gasteiger partial charge in [-0.15, -0.1) is 0 Å². The van der Waals surface area contributed by atoms with Gasteiger partial charge in [0, 0.05) is 0 Å². The molecule has 0 saturated heterocycles. The van der Waals surface area contributed by atoms with Crippen molar-refractivity contribution in [3.63, 3.8) is 0 Å². The lowest BCUT2D eigenvalue weighted by Gasteiger charge is -2.31. The molecule has 1 aliphatic rings. The average Bonchev–Trinajstić information content (AvgIpc) is 2.31. The predicted octanol–water partition coefficient (Wildman–Crippen LogP) is 5.16. The van der Waals surface area contributed by atoms with Crippen molar-refractivity contribution in [2.45, 2.75) is 90.4 Å². The Morgan fingerprint density at radius 2 is 1.50 bits per heavy atom. The van der Waals surface area contributed by atoms with Gasteiger partial charge in [-0.2, -0.15) is 0 Å². The van der Waals surface area contributed by atoms with Crippen molar-refractivity contribution in [3.05, 3.63) is 0 Å². The van der Waals surface area contributed by atoms with Crippen molar-refractivity contribution in [1.29, 1.82) is 0 Å². The molecule has 0 aromatic heterocycles. The minimum Gasteiger partial charge on any atom is -0.481 e. The van der Waals surface area contributed by atoms with Gasteiger partial charge in [0.1, 0.15) is 0 Å². The number of rotatable bonds is 7. The Hall–Kier alpha value is -0.530. The molecule has 0 atom stereocenters. The number of hydrogen-bond acceptors (Lipinski definition) is 1. The van der Waals surface area contributed by atoms with E-state index in [0.717, 1.165) is 38.5 Å². The first-order chi connectivity index (χ1) is 8.71. The fourth-order valence-corrected chi connectivity index (χ4v) is 3.22. The molecule has 1 fully saturated rings. The molecule has 1 N–H and O–H groups in total. The van der Waals surface area contributed by atoms with E-state index in [2.05, 4.69) is 6.92 Å². The van der Waals surface area contributed by atoms with Crippen LogP contribution in [0.15, 0.2) is 0 Å². The van der Waals surface area contributed by atoms with E-state index in [4.69, 9.17) is 0 Å². The molecule has 0 bridgehead atoms. The lowest BCUT2D eigenvalue weighted by atomic mass is 9.73. The first-order valence-electron chi connectivity index (χ1n) is 7.95. The van der Waals surface area contributed by atoms with Crippen LogP contribution in [0.4, 0.5) is 0 Å². The maximum atomic E-state index is 11.7. The van der Waals surface area contributed by atoms with Gasteiger partial charge in [0.15, 0.2) is 0 Å². The lowest BCUT2D eigenvalue weighted by Crippen LogP contribution is -2.31. The van der Waals surface area contributed by atoms with E-state index in [1.54, 1.807) is 0 Å². The van der Waals surface area contributed by atoms with Crippen LogP contribution in [-0.2, 0) is 4.79 Å². The van der Waals surface area contributed by atoms with Crippen molar-refractivity contribution in [3.8, 4) is 0 Å². The summed E-state index contributed by atoms with van der Waals surface area (Å²) in [4.78, 5) is 11.7. The van der Waals surface area contributed by atoms with Crippen molar-refractivity contribution in [1.82, 2.24) is 0 Å². The average molecular weight is 254 g/mol. The van der Waals surface area contributed by atoms with Crippen LogP contribution in [-0.4, -0.2) is 11.1 Å². The van der Waals surface area contributed by atoms with Gasteiger partial charge in [0.25, 0.3) is 0 Å². The Balaban J connectivity index is 2.42. The van der Waals surface area contributed by atoms with Gasteiger partial charge in [-0.1, -0.05) is 71.1 Å². The van der Waals surface area contributed by atoms with Crippen molar-refractivity contribution in [2.75, 3.05) is 0 Å². The number of carboxylic acid groups (broad SMARTS) is 1. The second kappa shape index (κ2) is 8.55. The molecule has 106 valence electrons. The third-order valence-electron chi connectivity index (χ3n) is 4.52. The summed E-state index contributed by atoms with van der Waals surface area (Å²) in [6.07, 6.45) is 14.8. The number of carbonyl (C=O) groups is 1. The molecule has 2 heteroatoms. The maximum absolute atomic E-state index is 11.7. The largest absolute Gasteiger partial charge is 0.481 e. The summed E-state index contributed by atoms with van der Waals surface area (Å²) in [5.74, 6) is -0.528. The Bertz CT molecular complexity index is 227. The molecule has 1 aliphatic carbocycles. The molecule has 0 spiro atoms. The third kappa shape index (κ3) is 4.99. The van der Waals surface area contributed by atoms with Gasteiger partial charge >= 0.3 is 5.97 Å². The van der Waals surface area contributed by atoms with Crippen LogP contribution in [0.2, 0.25) is 0 Å². The highest BCUT2D eigenvalue weighted by atomic mass is 16.4. The normalized spacial score (nSPS) is 20.1. The first-order valence-corrected chi connectivity index (χ1v) is 7.95. The Labute approximate surface area is 112 Å². The van der Waals surface area contributed by atoms with Crippen LogP contribution in [0.1, 0.15) is 90.4 Å². The Kier molecular flexibility index (Phi) is 7.38. The zero-order chi connectivity index (χ0) is 13.3. The van der Waals surface area contributed by atoms with Crippen molar-refractivity contribution < 1.29 is 9.90 Å². The van der Waals surface area contributed by atoms with Crippen molar-refractivity contribution >= 4 is 5.97 Å². The molecule has 18 heavy (non-hydrogen) atoms. The zero-order valence-corrected chi connectivity index (χ0v) is 12.0. The van der Waals surface area contributed by atoms with Crippen LogP contribution < -0.4 is 0 Å². The second-order valence-corrected chi connectivity index (χ2v) is 6.02. The van der Waals surface area contributed by atoms with Gasteiger partial charge in [-0.05, 0) is 19.3 Å². The molecule has 0 amide bonds. The van der Waals surface area contributed by atoms with E-state index in [-0.39, 0.29) is 5.41 Å². The fourth-order valence-electron chi connectivity index (χ4n) is 3.22. The van der Waals surface area contributed by atoms with E-state index < -0.39 is 5.97 Å². The summed E-state index contributed by atoms with van der Waals surface area (Å²) < 4.78 is 0. The highest BCUT2D eigenvalue weighted by Gasteiger charge is 2.37. The molecule has 0 radical (unpaired) electrons. The molecular weight excluding hydrogens is 224 g/mol. The molecule has 0 aliphatic heterocycles. The molecule has 1 rings (SSSR count). The van der Waals surface area contributed by atoms with Crippen LogP contribution in [0.3, 0.4) is 0 Å². The summed E-state index contributed by atoms with van der Waals surface area (Å²) in [5, 5.41) is 9.61. The number of hydrogen-bond donors (Lipinski definition) is 1. The molecule has 0 aromatic rings. The summed E-state index contributed by atoms with van der Waals surface area (Å²) in [7, 11) is 0. The number of carboxylic acids is 1. The summed E-state index contributed by atoms with van der Waals surface area (Å²) in [6, 6.07) is 0. The molecule has 1 saturated carbocycles. The highest BCUT2D eigenvalue weighted by molar-refractivity contribution is 5.74. The molecule has 0 aromatic carbocycles. The van der Waals surface area contributed by atoms with Gasteiger partial charge < -0.3 is 5.11 Å². The number of unbranched alkanes of at least 4 members (excludes halogenated alkanes) is 4. The van der Waals surface area contributed by atoms with Crippen molar-refractivity contribution in [2.24, 2.45) is 5.41 Å². The Morgan fingerprint density at radius 3 is 2.06 bits per heavy atom. The standard InChI is InChI=1S/C16H30O2/c1-2-3-4-6-9-12-16(15(17)18)13-10-7-5-8-11-14-16/h2-14H2,1H3,(H,17,18). The minimum absolute atomic E-state index is 0.382. The van der Waals surface area contributed by atoms with E-state index in [0.29, 0.717) is 0 Å². The molecule has 0 heterocycles. The summed E-state index contributed by atoms with van der Waals surface area (Å²) in [6.45, 7) is 2.22. The Morgan fingerprint density at radius 1 is 0.944 bits per heavy atom.